The Morgan fingerprint density at radius 1 is 1.20 bits per heavy atom. The van der Waals surface area contributed by atoms with Crippen molar-refractivity contribution in [3.8, 4) is 5.75 Å². The van der Waals surface area contributed by atoms with E-state index in [2.05, 4.69) is 22.2 Å². The lowest BCUT2D eigenvalue weighted by molar-refractivity contribution is 0.414. The number of hydrogen-bond donors (Lipinski definition) is 1. The van der Waals surface area contributed by atoms with Crippen LogP contribution in [0.5, 0.6) is 5.75 Å². The van der Waals surface area contributed by atoms with Crippen LogP contribution in [0, 0.1) is 0 Å². The first-order valence-electron chi connectivity index (χ1n) is 6.62. The van der Waals surface area contributed by atoms with Crippen molar-refractivity contribution in [2.75, 3.05) is 19.5 Å². The summed E-state index contributed by atoms with van der Waals surface area (Å²) in [4.78, 5) is 10.2. The zero-order valence-electron chi connectivity index (χ0n) is 12.0. The highest BCUT2D eigenvalue weighted by Gasteiger charge is 2.05. The van der Waals surface area contributed by atoms with Gasteiger partial charge in [-0.2, -0.15) is 0 Å². The van der Waals surface area contributed by atoms with Crippen molar-refractivity contribution in [1.29, 1.82) is 0 Å². The highest BCUT2D eigenvalue weighted by molar-refractivity contribution is 7.99. The molecular weight excluding hydrogens is 270 g/mol. The SMILES string of the molecule is CCCc1nc(NC)cc(Sc2ccc(OC)cc2)n1. The van der Waals surface area contributed by atoms with E-state index in [0.29, 0.717) is 0 Å². The van der Waals surface area contributed by atoms with E-state index >= 15 is 0 Å². The largest absolute Gasteiger partial charge is 0.497 e. The first-order valence-corrected chi connectivity index (χ1v) is 7.44. The van der Waals surface area contributed by atoms with Crippen LogP contribution in [0.1, 0.15) is 19.2 Å². The van der Waals surface area contributed by atoms with Crippen LogP contribution in [0.4, 0.5) is 5.82 Å². The molecule has 1 aromatic carbocycles. The van der Waals surface area contributed by atoms with E-state index in [9.17, 15) is 0 Å². The van der Waals surface area contributed by atoms with Gasteiger partial charge in [0, 0.05) is 24.4 Å². The maximum Gasteiger partial charge on any atom is 0.132 e. The molecule has 0 fully saturated rings. The monoisotopic (exact) mass is 289 g/mol. The number of anilines is 1. The lowest BCUT2D eigenvalue weighted by Crippen LogP contribution is -2.01. The van der Waals surface area contributed by atoms with Gasteiger partial charge in [0.1, 0.15) is 22.4 Å². The molecule has 0 spiro atoms. The van der Waals surface area contributed by atoms with Gasteiger partial charge < -0.3 is 10.1 Å². The van der Waals surface area contributed by atoms with E-state index in [1.807, 2.05) is 37.4 Å². The summed E-state index contributed by atoms with van der Waals surface area (Å²) in [5.41, 5.74) is 0. The fourth-order valence-corrected chi connectivity index (χ4v) is 2.59. The molecule has 0 aliphatic heterocycles. The first-order chi connectivity index (χ1) is 9.75. The number of aryl methyl sites for hydroxylation is 1. The Bertz CT molecular complexity index is 558. The Kier molecular flexibility index (Phi) is 5.24. The molecule has 0 amide bonds. The maximum atomic E-state index is 5.16. The van der Waals surface area contributed by atoms with Crippen LogP contribution in [-0.4, -0.2) is 24.1 Å². The fraction of sp³-hybridized carbons (Fsp3) is 0.333. The van der Waals surface area contributed by atoms with Crippen LogP contribution in [0.2, 0.25) is 0 Å². The summed E-state index contributed by atoms with van der Waals surface area (Å²) in [7, 11) is 3.54. The number of methoxy groups -OCH3 is 1. The normalized spacial score (nSPS) is 10.3. The van der Waals surface area contributed by atoms with Crippen LogP contribution in [0.3, 0.4) is 0 Å². The standard InChI is InChI=1S/C15H19N3OS/c1-4-5-13-17-14(16-2)10-15(18-13)20-12-8-6-11(19-3)7-9-12/h6-10H,4-5H2,1-3H3,(H,16,17,18). The van der Waals surface area contributed by atoms with Gasteiger partial charge in [-0.1, -0.05) is 18.7 Å². The van der Waals surface area contributed by atoms with Crippen molar-refractivity contribution < 1.29 is 4.74 Å². The zero-order chi connectivity index (χ0) is 14.4. The highest BCUT2D eigenvalue weighted by atomic mass is 32.2. The number of ether oxygens (including phenoxy) is 1. The molecule has 1 heterocycles. The summed E-state index contributed by atoms with van der Waals surface area (Å²) >= 11 is 1.63. The van der Waals surface area contributed by atoms with Crippen LogP contribution in [-0.2, 0) is 6.42 Å². The van der Waals surface area contributed by atoms with Gasteiger partial charge in [-0.05, 0) is 30.7 Å². The Hall–Kier alpha value is -1.75. The molecule has 5 heteroatoms. The molecule has 0 aliphatic rings. The van der Waals surface area contributed by atoms with Gasteiger partial charge >= 0.3 is 0 Å². The Morgan fingerprint density at radius 3 is 2.55 bits per heavy atom. The van der Waals surface area contributed by atoms with Crippen LogP contribution < -0.4 is 10.1 Å². The first kappa shape index (κ1) is 14.7. The molecule has 0 saturated heterocycles. The van der Waals surface area contributed by atoms with E-state index in [-0.39, 0.29) is 0 Å². The molecule has 2 rings (SSSR count). The highest BCUT2D eigenvalue weighted by Crippen LogP contribution is 2.28. The second kappa shape index (κ2) is 7.14. The number of nitrogens with zero attached hydrogens (tertiary/aromatic N) is 2. The molecule has 1 aromatic heterocycles. The third-order valence-electron chi connectivity index (χ3n) is 2.76. The molecule has 0 bridgehead atoms. The van der Waals surface area contributed by atoms with E-state index in [4.69, 9.17) is 4.74 Å². The number of hydrogen-bond acceptors (Lipinski definition) is 5. The van der Waals surface area contributed by atoms with Gasteiger partial charge in [0.2, 0.25) is 0 Å². The molecule has 4 nitrogen and oxygen atoms in total. The van der Waals surface area contributed by atoms with Crippen LogP contribution >= 0.6 is 11.8 Å². The Morgan fingerprint density at radius 2 is 1.95 bits per heavy atom. The predicted molar refractivity (Wildman–Crippen MR) is 82.7 cm³/mol. The second-order valence-electron chi connectivity index (χ2n) is 4.29. The van der Waals surface area contributed by atoms with Crippen LogP contribution in [0.25, 0.3) is 0 Å². The third-order valence-corrected chi connectivity index (χ3v) is 3.69. The average molecular weight is 289 g/mol. The van der Waals surface area contributed by atoms with E-state index in [0.717, 1.165) is 40.2 Å². The molecule has 1 N–H and O–H groups in total. The number of rotatable bonds is 6. The van der Waals surface area contributed by atoms with Crippen molar-refractivity contribution in [2.45, 2.75) is 29.7 Å². The summed E-state index contributed by atoms with van der Waals surface area (Å²) in [6, 6.07) is 9.94. The summed E-state index contributed by atoms with van der Waals surface area (Å²) < 4.78 is 5.16. The maximum absolute atomic E-state index is 5.16. The van der Waals surface area contributed by atoms with Crippen LogP contribution in [0.15, 0.2) is 40.3 Å². The fourth-order valence-electron chi connectivity index (χ4n) is 1.75. The molecule has 0 radical (unpaired) electrons. The minimum Gasteiger partial charge on any atom is -0.497 e. The molecule has 2 aromatic rings. The van der Waals surface area contributed by atoms with Crippen molar-refractivity contribution in [3.05, 3.63) is 36.2 Å². The van der Waals surface area contributed by atoms with E-state index < -0.39 is 0 Å². The summed E-state index contributed by atoms with van der Waals surface area (Å²) in [6.07, 6.45) is 1.94. The van der Waals surface area contributed by atoms with Crippen molar-refractivity contribution >= 4 is 17.6 Å². The molecule has 0 saturated carbocycles. The molecule has 0 atom stereocenters. The van der Waals surface area contributed by atoms with E-state index in [1.165, 1.54) is 0 Å². The molecule has 0 unspecified atom stereocenters. The quantitative estimate of drug-likeness (QED) is 0.823. The lowest BCUT2D eigenvalue weighted by Gasteiger charge is -2.07. The smallest absolute Gasteiger partial charge is 0.132 e. The van der Waals surface area contributed by atoms with E-state index in [1.54, 1.807) is 18.9 Å². The molecule has 106 valence electrons. The predicted octanol–water partition coefficient (Wildman–Crippen LogP) is 3.63. The van der Waals surface area contributed by atoms with Gasteiger partial charge in [0.05, 0.1) is 7.11 Å². The average Bonchev–Trinajstić information content (AvgIpc) is 2.48. The molecule has 0 aliphatic carbocycles. The molecular formula is C15H19N3OS. The topological polar surface area (TPSA) is 47.0 Å². The number of nitrogens with one attached hydrogen (secondary N) is 1. The van der Waals surface area contributed by atoms with Crippen molar-refractivity contribution in [1.82, 2.24) is 9.97 Å². The van der Waals surface area contributed by atoms with Gasteiger partial charge in [-0.25, -0.2) is 9.97 Å². The van der Waals surface area contributed by atoms with Gasteiger partial charge in [-0.15, -0.1) is 0 Å². The summed E-state index contributed by atoms with van der Waals surface area (Å²) in [5.74, 6) is 2.61. The Balaban J connectivity index is 2.20. The van der Waals surface area contributed by atoms with Gasteiger partial charge in [0.15, 0.2) is 0 Å². The van der Waals surface area contributed by atoms with Crippen molar-refractivity contribution in [2.24, 2.45) is 0 Å². The zero-order valence-corrected chi connectivity index (χ0v) is 12.8. The minimum atomic E-state index is 0.861. The Labute approximate surface area is 124 Å². The van der Waals surface area contributed by atoms with Crippen molar-refractivity contribution in [3.63, 3.8) is 0 Å². The lowest BCUT2D eigenvalue weighted by atomic mass is 10.3. The third kappa shape index (κ3) is 3.87. The summed E-state index contributed by atoms with van der Waals surface area (Å²) in [5, 5.41) is 4.04. The minimum absolute atomic E-state index is 0.861. The van der Waals surface area contributed by atoms with Gasteiger partial charge in [-0.3, -0.25) is 0 Å². The summed E-state index contributed by atoms with van der Waals surface area (Å²) in [6.45, 7) is 2.13. The second-order valence-corrected chi connectivity index (χ2v) is 5.38. The number of aromatic nitrogens is 2. The van der Waals surface area contributed by atoms with Gasteiger partial charge in [0.25, 0.3) is 0 Å². The molecule has 20 heavy (non-hydrogen) atoms. The number of benzene rings is 1.